The standard InChI is InChI=1S/C9H12N2O2/c1-4-5-6-11-8(13)10-7(12)9(11,2)3/h1H,5-6H2,2-3H3,(H,10,12,13). The summed E-state index contributed by atoms with van der Waals surface area (Å²) in [4.78, 5) is 23.9. The molecule has 0 unspecified atom stereocenters. The monoisotopic (exact) mass is 180 g/mol. The maximum Gasteiger partial charge on any atom is 0.325 e. The van der Waals surface area contributed by atoms with Crippen molar-refractivity contribution in [3.8, 4) is 12.3 Å². The normalized spacial score (nSPS) is 19.9. The van der Waals surface area contributed by atoms with Crippen LogP contribution < -0.4 is 5.32 Å². The van der Waals surface area contributed by atoms with Gasteiger partial charge in [0.05, 0.1) is 0 Å². The van der Waals surface area contributed by atoms with Crippen LogP contribution in [0.2, 0.25) is 0 Å². The van der Waals surface area contributed by atoms with Gasteiger partial charge in [-0.2, -0.15) is 0 Å². The minimum atomic E-state index is -0.770. The summed E-state index contributed by atoms with van der Waals surface area (Å²) in [6, 6.07) is -0.356. The van der Waals surface area contributed by atoms with Gasteiger partial charge in [0.1, 0.15) is 5.54 Å². The average Bonchev–Trinajstić information content (AvgIpc) is 2.21. The molecule has 1 saturated heterocycles. The average molecular weight is 180 g/mol. The van der Waals surface area contributed by atoms with E-state index in [0.717, 1.165) is 0 Å². The molecule has 3 amide bonds. The molecule has 0 aromatic rings. The van der Waals surface area contributed by atoms with Crippen LogP contribution in [-0.2, 0) is 4.79 Å². The van der Waals surface area contributed by atoms with Gasteiger partial charge in [-0.15, -0.1) is 12.3 Å². The molecular weight excluding hydrogens is 168 g/mol. The van der Waals surface area contributed by atoms with Crippen LogP contribution in [0.1, 0.15) is 20.3 Å². The molecule has 1 fully saturated rings. The highest BCUT2D eigenvalue weighted by atomic mass is 16.2. The Kier molecular flexibility index (Phi) is 2.28. The topological polar surface area (TPSA) is 49.4 Å². The number of nitrogens with one attached hydrogen (secondary N) is 1. The molecule has 4 nitrogen and oxygen atoms in total. The van der Waals surface area contributed by atoms with Crippen LogP contribution in [0, 0.1) is 12.3 Å². The number of carbonyl (C=O) groups excluding carboxylic acids is 2. The SMILES string of the molecule is C#CCCN1C(=O)NC(=O)C1(C)C. The molecule has 13 heavy (non-hydrogen) atoms. The minimum Gasteiger partial charge on any atom is -0.309 e. The Morgan fingerprint density at radius 1 is 1.54 bits per heavy atom. The lowest BCUT2D eigenvalue weighted by atomic mass is 10.0. The quantitative estimate of drug-likeness (QED) is 0.492. The van der Waals surface area contributed by atoms with Gasteiger partial charge in [0.2, 0.25) is 0 Å². The largest absolute Gasteiger partial charge is 0.325 e. The predicted molar refractivity (Wildman–Crippen MR) is 47.8 cm³/mol. The number of urea groups is 1. The highest BCUT2D eigenvalue weighted by molar-refractivity contribution is 6.06. The third kappa shape index (κ3) is 1.50. The van der Waals surface area contributed by atoms with Gasteiger partial charge >= 0.3 is 6.03 Å². The van der Waals surface area contributed by atoms with Crippen molar-refractivity contribution >= 4 is 11.9 Å². The van der Waals surface area contributed by atoms with Crippen molar-refractivity contribution in [3.63, 3.8) is 0 Å². The molecular formula is C9H12N2O2. The van der Waals surface area contributed by atoms with E-state index in [2.05, 4.69) is 11.2 Å². The molecule has 0 aliphatic carbocycles. The number of hydrogen-bond acceptors (Lipinski definition) is 2. The van der Waals surface area contributed by atoms with Crippen molar-refractivity contribution in [2.75, 3.05) is 6.54 Å². The molecule has 0 atom stereocenters. The number of terminal acetylenes is 1. The second-order valence-electron chi connectivity index (χ2n) is 3.42. The smallest absolute Gasteiger partial charge is 0.309 e. The van der Waals surface area contributed by atoms with E-state index in [-0.39, 0.29) is 11.9 Å². The van der Waals surface area contributed by atoms with Crippen molar-refractivity contribution in [1.82, 2.24) is 10.2 Å². The first-order chi connectivity index (χ1) is 6.00. The second-order valence-corrected chi connectivity index (χ2v) is 3.42. The third-order valence-electron chi connectivity index (χ3n) is 2.18. The zero-order valence-electron chi connectivity index (χ0n) is 7.76. The first-order valence-corrected chi connectivity index (χ1v) is 4.06. The number of amides is 3. The van der Waals surface area contributed by atoms with Crippen LogP contribution in [0.5, 0.6) is 0 Å². The van der Waals surface area contributed by atoms with Crippen molar-refractivity contribution in [2.45, 2.75) is 25.8 Å². The fourth-order valence-corrected chi connectivity index (χ4v) is 1.25. The summed E-state index contributed by atoms with van der Waals surface area (Å²) in [5.74, 6) is 2.17. The van der Waals surface area contributed by atoms with Crippen molar-refractivity contribution in [2.24, 2.45) is 0 Å². The number of imide groups is 1. The number of carbonyl (C=O) groups is 2. The molecule has 1 aliphatic heterocycles. The van der Waals surface area contributed by atoms with E-state index < -0.39 is 5.54 Å². The molecule has 0 aromatic carbocycles. The number of nitrogens with zero attached hydrogens (tertiary/aromatic N) is 1. The number of rotatable bonds is 2. The zero-order valence-corrected chi connectivity index (χ0v) is 7.76. The summed E-state index contributed by atoms with van der Waals surface area (Å²) in [5.41, 5.74) is -0.770. The van der Waals surface area contributed by atoms with Gasteiger partial charge in [-0.3, -0.25) is 10.1 Å². The summed E-state index contributed by atoms with van der Waals surface area (Å²) in [5, 5.41) is 2.25. The summed E-state index contributed by atoms with van der Waals surface area (Å²) in [7, 11) is 0. The lowest BCUT2D eigenvalue weighted by Gasteiger charge is -2.26. The fourth-order valence-electron chi connectivity index (χ4n) is 1.25. The summed E-state index contributed by atoms with van der Waals surface area (Å²) >= 11 is 0. The molecule has 1 rings (SSSR count). The van der Waals surface area contributed by atoms with E-state index in [9.17, 15) is 9.59 Å². The first-order valence-electron chi connectivity index (χ1n) is 4.06. The second kappa shape index (κ2) is 3.09. The fraction of sp³-hybridized carbons (Fsp3) is 0.556. The van der Waals surface area contributed by atoms with Gasteiger partial charge in [0, 0.05) is 13.0 Å². The van der Waals surface area contributed by atoms with E-state index in [1.165, 1.54) is 4.90 Å². The summed E-state index contributed by atoms with van der Waals surface area (Å²) in [6.07, 6.45) is 5.54. The van der Waals surface area contributed by atoms with Gasteiger partial charge in [-0.05, 0) is 13.8 Å². The summed E-state index contributed by atoms with van der Waals surface area (Å²) < 4.78 is 0. The van der Waals surface area contributed by atoms with Crippen LogP contribution in [0.15, 0.2) is 0 Å². The van der Waals surface area contributed by atoms with E-state index in [1.807, 2.05) is 0 Å². The van der Waals surface area contributed by atoms with Crippen LogP contribution in [0.3, 0.4) is 0 Å². The lowest BCUT2D eigenvalue weighted by Crippen LogP contribution is -2.44. The molecule has 0 spiro atoms. The van der Waals surface area contributed by atoms with Gasteiger partial charge in [0.15, 0.2) is 0 Å². The predicted octanol–water partition coefficient (Wildman–Crippen LogP) is 0.340. The Hall–Kier alpha value is -1.50. The maximum absolute atomic E-state index is 11.3. The lowest BCUT2D eigenvalue weighted by molar-refractivity contribution is -0.125. The molecule has 0 saturated carbocycles. The van der Waals surface area contributed by atoms with Crippen molar-refractivity contribution in [3.05, 3.63) is 0 Å². The Labute approximate surface area is 77.3 Å². The van der Waals surface area contributed by atoms with E-state index in [0.29, 0.717) is 13.0 Å². The Bertz CT molecular complexity index is 288. The molecule has 1 heterocycles. The van der Waals surface area contributed by atoms with Crippen LogP contribution >= 0.6 is 0 Å². The van der Waals surface area contributed by atoms with Crippen molar-refractivity contribution < 1.29 is 9.59 Å². The molecule has 1 N–H and O–H groups in total. The third-order valence-corrected chi connectivity index (χ3v) is 2.18. The van der Waals surface area contributed by atoms with Crippen molar-refractivity contribution in [1.29, 1.82) is 0 Å². The maximum atomic E-state index is 11.3. The van der Waals surface area contributed by atoms with Gasteiger partial charge in [-0.1, -0.05) is 0 Å². The molecule has 0 bridgehead atoms. The van der Waals surface area contributed by atoms with E-state index in [4.69, 9.17) is 6.42 Å². The van der Waals surface area contributed by atoms with Gasteiger partial charge < -0.3 is 4.90 Å². The van der Waals surface area contributed by atoms with Crippen LogP contribution in [-0.4, -0.2) is 28.9 Å². The molecule has 0 aromatic heterocycles. The van der Waals surface area contributed by atoms with E-state index >= 15 is 0 Å². The van der Waals surface area contributed by atoms with Gasteiger partial charge in [-0.25, -0.2) is 4.79 Å². The Balaban J connectivity index is 2.78. The summed E-state index contributed by atoms with van der Waals surface area (Å²) in [6.45, 7) is 3.81. The molecule has 70 valence electrons. The Morgan fingerprint density at radius 2 is 2.15 bits per heavy atom. The van der Waals surface area contributed by atoms with Crippen LogP contribution in [0.4, 0.5) is 4.79 Å². The minimum absolute atomic E-state index is 0.269. The number of hydrogen-bond donors (Lipinski definition) is 1. The highest BCUT2D eigenvalue weighted by Crippen LogP contribution is 2.20. The zero-order chi connectivity index (χ0) is 10.1. The highest BCUT2D eigenvalue weighted by Gasteiger charge is 2.44. The molecule has 0 radical (unpaired) electrons. The van der Waals surface area contributed by atoms with Crippen LogP contribution in [0.25, 0.3) is 0 Å². The molecule has 1 aliphatic rings. The Morgan fingerprint density at radius 3 is 2.54 bits per heavy atom. The van der Waals surface area contributed by atoms with Gasteiger partial charge in [0.25, 0.3) is 5.91 Å². The first kappa shape index (κ1) is 9.59. The molecule has 4 heteroatoms. The van der Waals surface area contributed by atoms with E-state index in [1.54, 1.807) is 13.8 Å².